The molecule has 0 bridgehead atoms. The van der Waals surface area contributed by atoms with Crippen molar-refractivity contribution in [2.75, 3.05) is 11.4 Å². The average Bonchev–Trinajstić information content (AvgIpc) is 3.49. The Bertz CT molecular complexity index is 1080. The van der Waals surface area contributed by atoms with Crippen molar-refractivity contribution in [1.29, 1.82) is 0 Å². The van der Waals surface area contributed by atoms with Crippen LogP contribution < -0.4 is 4.90 Å². The number of nitrogens with zero attached hydrogens (tertiary/aromatic N) is 3. The number of benzene rings is 2. The van der Waals surface area contributed by atoms with E-state index >= 15 is 0 Å². The third kappa shape index (κ3) is 4.89. The van der Waals surface area contributed by atoms with E-state index in [9.17, 15) is 14.9 Å². The number of rotatable bonds is 7. The molecule has 9 nitrogen and oxygen atoms in total. The number of hydrogen-bond acceptors (Lipinski definition) is 7. The largest absolute Gasteiger partial charge is 0.466 e. The summed E-state index contributed by atoms with van der Waals surface area (Å²) in [5, 5.41) is 15.1. The first kappa shape index (κ1) is 20.1. The van der Waals surface area contributed by atoms with Crippen molar-refractivity contribution in [3.8, 4) is 0 Å². The number of furan rings is 1. The van der Waals surface area contributed by atoms with Gasteiger partial charge in [0.15, 0.2) is 12.7 Å². The summed E-state index contributed by atoms with van der Waals surface area (Å²) in [6.07, 6.45) is 0.938. The van der Waals surface area contributed by atoms with Gasteiger partial charge in [-0.25, -0.2) is 4.79 Å². The zero-order valence-corrected chi connectivity index (χ0v) is 16.4. The predicted molar refractivity (Wildman–Crippen MR) is 112 cm³/mol. The Kier molecular flexibility index (Phi) is 5.93. The molecule has 0 radical (unpaired) electrons. The lowest BCUT2D eigenvalue weighted by molar-refractivity contribution is -0.384. The van der Waals surface area contributed by atoms with Gasteiger partial charge >= 0.3 is 6.09 Å². The molecule has 0 saturated heterocycles. The summed E-state index contributed by atoms with van der Waals surface area (Å²) in [5.74, 6) is 0.537. The highest BCUT2D eigenvalue weighted by molar-refractivity contribution is 6.01. The van der Waals surface area contributed by atoms with Gasteiger partial charge in [-0.05, 0) is 24.3 Å². The van der Waals surface area contributed by atoms with Crippen LogP contribution in [-0.4, -0.2) is 29.4 Å². The molecule has 0 aliphatic carbocycles. The number of non-ortho nitro benzene ring substituents is 1. The molecule has 0 spiro atoms. The molecule has 0 fully saturated rings. The zero-order chi connectivity index (χ0) is 21.6. The second kappa shape index (κ2) is 9.12. The molecular weight excluding hydrogens is 402 g/mol. The first-order valence-electron chi connectivity index (χ1n) is 9.59. The molecule has 4 rings (SSSR count). The van der Waals surface area contributed by atoms with Crippen LogP contribution in [-0.2, 0) is 16.2 Å². The van der Waals surface area contributed by atoms with Gasteiger partial charge in [-0.3, -0.25) is 15.0 Å². The predicted octanol–water partition coefficient (Wildman–Crippen LogP) is 4.52. The van der Waals surface area contributed by atoms with Gasteiger partial charge in [0, 0.05) is 29.8 Å². The maximum atomic E-state index is 12.8. The van der Waals surface area contributed by atoms with Crippen LogP contribution in [0, 0.1) is 10.1 Å². The number of carbonyl (C=O) groups excluding carboxylic acids is 1. The fourth-order valence-electron chi connectivity index (χ4n) is 3.20. The standard InChI is InChI=1S/C22H19N3O6/c26-22(30-15-19-10-5-11-29-19)24(17-7-2-1-3-8-17)14-20-13-21(23-31-20)16-6-4-9-18(12-16)25(27)28/h1-12,20H,13-15H2. The van der Waals surface area contributed by atoms with Gasteiger partial charge in [-0.2, -0.15) is 0 Å². The number of para-hydroxylation sites is 1. The van der Waals surface area contributed by atoms with Gasteiger partial charge in [0.05, 0.1) is 23.4 Å². The topological polar surface area (TPSA) is 107 Å². The Hall–Kier alpha value is -4.14. The molecule has 1 aliphatic rings. The first-order chi connectivity index (χ1) is 15.1. The van der Waals surface area contributed by atoms with Crippen LogP contribution in [0.25, 0.3) is 0 Å². The molecule has 0 saturated carbocycles. The third-order valence-corrected chi connectivity index (χ3v) is 4.72. The lowest BCUT2D eigenvalue weighted by atomic mass is 10.0. The van der Waals surface area contributed by atoms with Crippen LogP contribution in [0.4, 0.5) is 16.2 Å². The second-order valence-corrected chi connectivity index (χ2v) is 6.86. The number of hydrogen-bond donors (Lipinski definition) is 0. The van der Waals surface area contributed by atoms with E-state index in [0.717, 1.165) is 0 Å². The zero-order valence-electron chi connectivity index (χ0n) is 16.4. The molecule has 2 aromatic carbocycles. The van der Waals surface area contributed by atoms with Crippen LogP contribution in [0.3, 0.4) is 0 Å². The number of oxime groups is 1. The molecule has 2 heterocycles. The van der Waals surface area contributed by atoms with E-state index in [2.05, 4.69) is 5.16 Å². The van der Waals surface area contributed by atoms with E-state index in [-0.39, 0.29) is 18.8 Å². The fourth-order valence-corrected chi connectivity index (χ4v) is 3.20. The quantitative estimate of drug-likeness (QED) is 0.410. The van der Waals surface area contributed by atoms with Crippen molar-refractivity contribution < 1.29 is 23.7 Å². The van der Waals surface area contributed by atoms with Crippen LogP contribution in [0.5, 0.6) is 0 Å². The van der Waals surface area contributed by atoms with Crippen LogP contribution >= 0.6 is 0 Å². The number of ether oxygens (including phenoxy) is 1. The van der Waals surface area contributed by atoms with Crippen molar-refractivity contribution in [3.05, 3.63) is 94.4 Å². The number of carbonyl (C=O) groups is 1. The number of anilines is 1. The molecule has 9 heteroatoms. The molecule has 0 N–H and O–H groups in total. The van der Waals surface area contributed by atoms with Crippen molar-refractivity contribution >= 4 is 23.2 Å². The van der Waals surface area contributed by atoms with E-state index in [1.807, 2.05) is 18.2 Å². The summed E-state index contributed by atoms with van der Waals surface area (Å²) in [4.78, 5) is 30.4. The fraction of sp³-hybridized carbons (Fsp3) is 0.182. The van der Waals surface area contributed by atoms with E-state index in [1.54, 1.807) is 36.4 Å². The van der Waals surface area contributed by atoms with Crippen molar-refractivity contribution in [1.82, 2.24) is 0 Å². The van der Waals surface area contributed by atoms with E-state index in [0.29, 0.717) is 29.1 Å². The lowest BCUT2D eigenvalue weighted by Crippen LogP contribution is -2.38. The van der Waals surface area contributed by atoms with E-state index in [4.69, 9.17) is 14.0 Å². The highest BCUT2D eigenvalue weighted by Crippen LogP contribution is 2.23. The minimum atomic E-state index is -0.546. The molecule has 1 aliphatic heterocycles. The Balaban J connectivity index is 1.44. The smallest absolute Gasteiger partial charge is 0.414 e. The normalized spacial score (nSPS) is 15.1. The summed E-state index contributed by atoms with van der Waals surface area (Å²) in [6, 6.07) is 18.8. The van der Waals surface area contributed by atoms with Gasteiger partial charge in [0.1, 0.15) is 5.76 Å². The number of nitro benzene ring substituents is 1. The summed E-state index contributed by atoms with van der Waals surface area (Å²) in [6.45, 7) is 0.207. The van der Waals surface area contributed by atoms with Gasteiger partial charge in [0.2, 0.25) is 0 Å². The summed E-state index contributed by atoms with van der Waals surface area (Å²) >= 11 is 0. The molecule has 1 aromatic heterocycles. The van der Waals surface area contributed by atoms with Gasteiger partial charge in [0.25, 0.3) is 5.69 Å². The highest BCUT2D eigenvalue weighted by atomic mass is 16.6. The Labute approximate surface area is 177 Å². The Morgan fingerprint density at radius 3 is 2.74 bits per heavy atom. The summed E-state index contributed by atoms with van der Waals surface area (Å²) in [5.41, 5.74) is 1.84. The number of nitro groups is 1. The summed E-state index contributed by atoms with van der Waals surface area (Å²) < 4.78 is 10.6. The van der Waals surface area contributed by atoms with Crippen molar-refractivity contribution in [3.63, 3.8) is 0 Å². The lowest BCUT2D eigenvalue weighted by Gasteiger charge is -2.24. The minimum absolute atomic E-state index is 0.0100. The molecule has 31 heavy (non-hydrogen) atoms. The SMILES string of the molecule is O=C(OCc1ccco1)N(CC1CC(c2cccc([N+](=O)[O-])c2)=NO1)c1ccccc1. The molecule has 158 valence electrons. The summed E-state index contributed by atoms with van der Waals surface area (Å²) in [7, 11) is 0. The maximum absolute atomic E-state index is 12.8. The molecule has 3 aromatic rings. The second-order valence-electron chi connectivity index (χ2n) is 6.86. The molecular formula is C22H19N3O6. The molecule has 1 unspecified atom stereocenters. The number of amides is 1. The van der Waals surface area contributed by atoms with Crippen molar-refractivity contribution in [2.24, 2.45) is 5.16 Å². The van der Waals surface area contributed by atoms with Gasteiger partial charge < -0.3 is 14.0 Å². The maximum Gasteiger partial charge on any atom is 0.414 e. The Morgan fingerprint density at radius 1 is 1.16 bits per heavy atom. The van der Waals surface area contributed by atoms with Crippen LogP contribution in [0.2, 0.25) is 0 Å². The first-order valence-corrected chi connectivity index (χ1v) is 9.59. The molecule has 1 amide bonds. The van der Waals surface area contributed by atoms with Crippen LogP contribution in [0.1, 0.15) is 17.7 Å². The van der Waals surface area contributed by atoms with Gasteiger partial charge in [-0.1, -0.05) is 35.5 Å². The minimum Gasteiger partial charge on any atom is -0.466 e. The third-order valence-electron chi connectivity index (χ3n) is 4.72. The molecule has 1 atom stereocenters. The van der Waals surface area contributed by atoms with Crippen LogP contribution in [0.15, 0.2) is 82.6 Å². The monoisotopic (exact) mass is 421 g/mol. The van der Waals surface area contributed by atoms with E-state index in [1.165, 1.54) is 23.3 Å². The van der Waals surface area contributed by atoms with Gasteiger partial charge in [-0.15, -0.1) is 0 Å². The van der Waals surface area contributed by atoms with E-state index < -0.39 is 17.1 Å². The average molecular weight is 421 g/mol. The highest BCUT2D eigenvalue weighted by Gasteiger charge is 2.29. The Morgan fingerprint density at radius 2 is 2.00 bits per heavy atom. The van der Waals surface area contributed by atoms with Crippen molar-refractivity contribution in [2.45, 2.75) is 19.1 Å².